The molecule has 8 heteroatoms. The number of carbonyl (C=O) groups is 2. The van der Waals surface area contributed by atoms with Gasteiger partial charge < -0.3 is 0 Å². The van der Waals surface area contributed by atoms with Crippen molar-refractivity contribution in [3.8, 4) is 0 Å². The summed E-state index contributed by atoms with van der Waals surface area (Å²) < 4.78 is 26.5. The van der Waals surface area contributed by atoms with Crippen LogP contribution in [0.25, 0.3) is 0 Å². The van der Waals surface area contributed by atoms with E-state index in [0.717, 1.165) is 5.56 Å². The third-order valence-electron chi connectivity index (χ3n) is 3.34. The molecule has 0 heterocycles. The Morgan fingerprint density at radius 3 is 2.12 bits per heavy atom. The molecule has 0 spiro atoms. The van der Waals surface area contributed by atoms with E-state index in [1.807, 2.05) is 30.3 Å². The van der Waals surface area contributed by atoms with Crippen molar-refractivity contribution >= 4 is 21.8 Å². The maximum absolute atomic E-state index is 12.0. The maximum Gasteiger partial charge on any atom is 0.269 e. The number of hydrogen-bond donors (Lipinski definition) is 3. The quantitative estimate of drug-likeness (QED) is 0.664. The van der Waals surface area contributed by atoms with Crippen LogP contribution in [-0.4, -0.2) is 26.3 Å². The van der Waals surface area contributed by atoms with Crippen LogP contribution in [-0.2, 0) is 21.2 Å². The van der Waals surface area contributed by atoms with Gasteiger partial charge in [0, 0.05) is 11.6 Å². The molecule has 2 amide bonds. The van der Waals surface area contributed by atoms with Crippen molar-refractivity contribution in [3.63, 3.8) is 0 Å². The Labute approximate surface area is 152 Å². The average molecular weight is 375 g/mol. The summed E-state index contributed by atoms with van der Waals surface area (Å²) in [6, 6.07) is 14.3. The fourth-order valence-electron chi connectivity index (χ4n) is 2.19. The number of rotatable bonds is 6. The Balaban J connectivity index is 1.92. The molecule has 0 aliphatic heterocycles. The van der Waals surface area contributed by atoms with E-state index < -0.39 is 15.9 Å². The van der Waals surface area contributed by atoms with Crippen molar-refractivity contribution in [1.29, 1.82) is 0 Å². The van der Waals surface area contributed by atoms with Crippen LogP contribution in [0.3, 0.4) is 0 Å². The third-order valence-corrected chi connectivity index (χ3v) is 5.02. The second kappa shape index (κ2) is 8.59. The highest BCUT2D eigenvalue weighted by Gasteiger charge is 2.16. The Bertz CT molecular complexity index is 863. The van der Waals surface area contributed by atoms with Crippen LogP contribution in [0.15, 0.2) is 59.5 Å². The van der Waals surface area contributed by atoms with Gasteiger partial charge in [-0.25, -0.2) is 13.1 Å². The molecule has 0 saturated heterocycles. The summed E-state index contributed by atoms with van der Waals surface area (Å²) in [5, 5.41) is 0. The van der Waals surface area contributed by atoms with E-state index in [1.165, 1.54) is 24.3 Å². The van der Waals surface area contributed by atoms with Gasteiger partial charge in [-0.15, -0.1) is 0 Å². The lowest BCUT2D eigenvalue weighted by atomic mass is 10.1. The van der Waals surface area contributed by atoms with E-state index in [2.05, 4.69) is 15.6 Å². The number of sulfonamides is 1. The van der Waals surface area contributed by atoms with Crippen LogP contribution < -0.4 is 15.6 Å². The lowest BCUT2D eigenvalue weighted by molar-refractivity contribution is -0.121. The van der Waals surface area contributed by atoms with Crippen molar-refractivity contribution in [3.05, 3.63) is 65.7 Å². The van der Waals surface area contributed by atoms with Gasteiger partial charge >= 0.3 is 0 Å². The zero-order valence-corrected chi connectivity index (χ0v) is 15.3. The van der Waals surface area contributed by atoms with Crippen LogP contribution in [0.4, 0.5) is 0 Å². The molecule has 0 aromatic heterocycles. The fourth-order valence-corrected chi connectivity index (χ4v) is 3.44. The highest BCUT2D eigenvalue weighted by molar-refractivity contribution is 7.89. The minimum Gasteiger partial charge on any atom is -0.273 e. The van der Waals surface area contributed by atoms with Crippen molar-refractivity contribution in [2.24, 2.45) is 0 Å². The molecule has 0 aliphatic rings. The van der Waals surface area contributed by atoms with Crippen molar-refractivity contribution in [2.75, 3.05) is 0 Å². The molecular formula is C18H21N3O4S. The molecule has 0 unspecified atom stereocenters. The maximum atomic E-state index is 12.0. The van der Waals surface area contributed by atoms with E-state index >= 15 is 0 Å². The summed E-state index contributed by atoms with van der Waals surface area (Å²) in [6.45, 7) is 3.44. The zero-order valence-electron chi connectivity index (χ0n) is 14.5. The van der Waals surface area contributed by atoms with Crippen molar-refractivity contribution in [2.45, 2.75) is 31.2 Å². The highest BCUT2D eigenvalue weighted by atomic mass is 32.2. The van der Waals surface area contributed by atoms with Gasteiger partial charge in [0.1, 0.15) is 0 Å². The first-order valence-corrected chi connectivity index (χ1v) is 9.52. The second-order valence-electron chi connectivity index (χ2n) is 5.97. The van der Waals surface area contributed by atoms with Crippen LogP contribution in [0.5, 0.6) is 0 Å². The Morgan fingerprint density at radius 1 is 0.923 bits per heavy atom. The predicted octanol–water partition coefficient (Wildman–Crippen LogP) is 1.38. The molecule has 2 rings (SSSR count). The lowest BCUT2D eigenvalue weighted by Crippen LogP contribution is -2.42. The molecule has 0 fully saturated rings. The summed E-state index contributed by atoms with van der Waals surface area (Å²) in [7, 11) is -3.61. The molecule has 2 aromatic rings. The first-order chi connectivity index (χ1) is 12.3. The van der Waals surface area contributed by atoms with Crippen molar-refractivity contribution < 1.29 is 18.0 Å². The fraction of sp³-hybridized carbons (Fsp3) is 0.222. The number of benzene rings is 2. The van der Waals surface area contributed by atoms with Crippen molar-refractivity contribution in [1.82, 2.24) is 15.6 Å². The van der Waals surface area contributed by atoms with Crippen LogP contribution in [0.1, 0.15) is 29.8 Å². The van der Waals surface area contributed by atoms with Gasteiger partial charge in [0.05, 0.1) is 11.3 Å². The Kier molecular flexibility index (Phi) is 6.48. The summed E-state index contributed by atoms with van der Waals surface area (Å²) in [6.07, 6.45) is 0.138. The van der Waals surface area contributed by atoms with Gasteiger partial charge in [-0.3, -0.25) is 20.4 Å². The number of hydrogen-bond acceptors (Lipinski definition) is 4. The molecular weight excluding hydrogens is 354 g/mol. The van der Waals surface area contributed by atoms with Gasteiger partial charge in [-0.05, 0) is 43.7 Å². The zero-order chi connectivity index (χ0) is 19.2. The number of hydrazine groups is 1. The van der Waals surface area contributed by atoms with Crippen LogP contribution in [0.2, 0.25) is 0 Å². The second-order valence-corrected chi connectivity index (χ2v) is 7.68. The molecule has 26 heavy (non-hydrogen) atoms. The Morgan fingerprint density at radius 2 is 1.54 bits per heavy atom. The topological polar surface area (TPSA) is 104 Å². The standard InChI is InChI=1S/C18H21N3O4S/c1-13(2)21-26(24,25)16-10-8-15(9-11-16)18(23)20-19-17(22)12-14-6-4-3-5-7-14/h3-11,13,21H,12H2,1-2H3,(H,19,22)(H,20,23). The molecule has 0 aliphatic carbocycles. The molecule has 0 bridgehead atoms. The number of nitrogens with one attached hydrogen (secondary N) is 3. The first-order valence-electron chi connectivity index (χ1n) is 8.03. The van der Waals surface area contributed by atoms with E-state index in [0.29, 0.717) is 0 Å². The molecule has 138 valence electrons. The molecule has 0 saturated carbocycles. The average Bonchev–Trinajstić information content (AvgIpc) is 2.59. The molecule has 2 aromatic carbocycles. The summed E-state index contributed by atoms with van der Waals surface area (Å²) in [5.41, 5.74) is 5.69. The first kappa shape index (κ1) is 19.6. The minimum absolute atomic E-state index is 0.0656. The third kappa shape index (κ3) is 5.68. The highest BCUT2D eigenvalue weighted by Crippen LogP contribution is 2.11. The van der Waals surface area contributed by atoms with Gasteiger partial charge in [-0.1, -0.05) is 30.3 Å². The molecule has 3 N–H and O–H groups in total. The predicted molar refractivity (Wildman–Crippen MR) is 97.7 cm³/mol. The molecule has 0 atom stereocenters. The lowest BCUT2D eigenvalue weighted by Gasteiger charge is -2.10. The van der Waals surface area contributed by atoms with E-state index in [-0.39, 0.29) is 28.8 Å². The monoisotopic (exact) mass is 375 g/mol. The summed E-state index contributed by atoms with van der Waals surface area (Å²) in [4.78, 5) is 23.9. The van der Waals surface area contributed by atoms with Crippen LogP contribution >= 0.6 is 0 Å². The van der Waals surface area contributed by atoms with E-state index in [4.69, 9.17) is 0 Å². The molecule has 7 nitrogen and oxygen atoms in total. The summed E-state index contributed by atoms with van der Waals surface area (Å²) >= 11 is 0. The van der Waals surface area contributed by atoms with Gasteiger partial charge in [0.15, 0.2) is 0 Å². The number of carbonyl (C=O) groups excluding carboxylic acids is 2. The Hall–Kier alpha value is -2.71. The van der Waals surface area contributed by atoms with Gasteiger partial charge in [0.2, 0.25) is 15.9 Å². The number of amides is 2. The molecule has 0 radical (unpaired) electrons. The van der Waals surface area contributed by atoms with E-state index in [1.54, 1.807) is 13.8 Å². The van der Waals surface area contributed by atoms with Gasteiger partial charge in [-0.2, -0.15) is 0 Å². The van der Waals surface area contributed by atoms with Crippen LogP contribution in [0, 0.1) is 0 Å². The normalized spacial score (nSPS) is 11.2. The largest absolute Gasteiger partial charge is 0.273 e. The smallest absolute Gasteiger partial charge is 0.269 e. The van der Waals surface area contributed by atoms with Gasteiger partial charge in [0.25, 0.3) is 5.91 Å². The SMILES string of the molecule is CC(C)NS(=O)(=O)c1ccc(C(=O)NNC(=O)Cc2ccccc2)cc1. The summed E-state index contributed by atoms with van der Waals surface area (Å²) in [5.74, 6) is -0.892. The van der Waals surface area contributed by atoms with E-state index in [9.17, 15) is 18.0 Å². The minimum atomic E-state index is -3.61.